The predicted octanol–water partition coefficient (Wildman–Crippen LogP) is 2.12. The zero-order chi connectivity index (χ0) is 18.9. The number of aliphatic hydroxyl groups is 3. The minimum atomic E-state index is -0.900. The molecule has 0 heterocycles. The highest BCUT2D eigenvalue weighted by atomic mass is 16.5. The summed E-state index contributed by atoms with van der Waals surface area (Å²) in [6, 6.07) is 0. The number of hydrogen-bond acceptors (Lipinski definition) is 5. The third-order valence-electron chi connectivity index (χ3n) is 9.22. The zero-order valence-electron chi connectivity index (χ0n) is 16.2. The van der Waals surface area contributed by atoms with Crippen LogP contribution in [0.1, 0.15) is 58.8 Å². The molecule has 4 fully saturated rings. The van der Waals surface area contributed by atoms with Crippen molar-refractivity contribution in [1.82, 2.24) is 0 Å². The van der Waals surface area contributed by atoms with Crippen molar-refractivity contribution in [3.05, 3.63) is 0 Å². The molecule has 0 amide bonds. The summed E-state index contributed by atoms with van der Waals surface area (Å²) < 4.78 is 5.03. The monoisotopic (exact) mass is 366 g/mol. The first kappa shape index (κ1) is 18.7. The molecule has 0 aromatic carbocycles. The highest BCUT2D eigenvalue weighted by molar-refractivity contribution is 5.74. The van der Waals surface area contributed by atoms with Crippen LogP contribution in [0.3, 0.4) is 0 Å². The van der Waals surface area contributed by atoms with E-state index in [0.717, 1.165) is 44.9 Å². The van der Waals surface area contributed by atoms with Crippen LogP contribution in [0.15, 0.2) is 0 Å². The molecule has 4 saturated carbocycles. The molecular weight excluding hydrogens is 332 g/mol. The first-order chi connectivity index (χ1) is 12.2. The van der Waals surface area contributed by atoms with E-state index in [-0.39, 0.29) is 35.2 Å². The second kappa shape index (κ2) is 6.18. The minimum Gasteiger partial charge on any atom is -0.469 e. The van der Waals surface area contributed by atoms with Crippen LogP contribution >= 0.6 is 0 Å². The molecule has 10 atom stereocenters. The topological polar surface area (TPSA) is 87.0 Å². The maximum absolute atomic E-state index is 12.4. The van der Waals surface area contributed by atoms with Crippen LogP contribution in [-0.2, 0) is 9.53 Å². The van der Waals surface area contributed by atoms with Crippen molar-refractivity contribution in [2.24, 2.45) is 40.4 Å². The number of methoxy groups -OCH3 is 1. The lowest BCUT2D eigenvalue weighted by Crippen LogP contribution is -2.65. The van der Waals surface area contributed by atoms with Gasteiger partial charge in [-0.2, -0.15) is 0 Å². The smallest absolute Gasteiger partial charge is 0.309 e. The van der Waals surface area contributed by atoms with Gasteiger partial charge in [-0.1, -0.05) is 13.8 Å². The van der Waals surface area contributed by atoms with Gasteiger partial charge in [-0.25, -0.2) is 0 Å². The van der Waals surface area contributed by atoms with E-state index < -0.39 is 17.6 Å². The molecule has 0 unspecified atom stereocenters. The van der Waals surface area contributed by atoms with E-state index in [2.05, 4.69) is 6.92 Å². The number of ether oxygens (including phenoxy) is 1. The predicted molar refractivity (Wildman–Crippen MR) is 96.0 cm³/mol. The van der Waals surface area contributed by atoms with E-state index in [1.54, 1.807) is 0 Å². The van der Waals surface area contributed by atoms with Gasteiger partial charge in [-0.05, 0) is 74.0 Å². The molecule has 0 aliphatic heterocycles. The first-order valence-electron chi connectivity index (χ1n) is 10.4. The van der Waals surface area contributed by atoms with Crippen LogP contribution in [0.2, 0.25) is 0 Å². The minimum absolute atomic E-state index is 0.0345. The normalized spacial score (nSPS) is 56.2. The van der Waals surface area contributed by atoms with E-state index >= 15 is 0 Å². The van der Waals surface area contributed by atoms with Gasteiger partial charge >= 0.3 is 5.97 Å². The number of carbonyl (C=O) groups excluding carboxylic acids is 1. The van der Waals surface area contributed by atoms with Gasteiger partial charge < -0.3 is 20.1 Å². The molecule has 0 saturated heterocycles. The van der Waals surface area contributed by atoms with Crippen LogP contribution in [0.4, 0.5) is 0 Å². The van der Waals surface area contributed by atoms with Gasteiger partial charge in [0.15, 0.2) is 0 Å². The van der Waals surface area contributed by atoms with Gasteiger partial charge in [0.05, 0.1) is 31.3 Å². The fourth-order valence-corrected chi connectivity index (χ4v) is 7.85. The molecule has 4 rings (SSSR count). The van der Waals surface area contributed by atoms with Crippen molar-refractivity contribution < 1.29 is 24.9 Å². The first-order valence-corrected chi connectivity index (χ1v) is 10.4. The van der Waals surface area contributed by atoms with Crippen LogP contribution < -0.4 is 0 Å². The summed E-state index contributed by atoms with van der Waals surface area (Å²) in [7, 11) is 1.41. The number of carbonyl (C=O) groups is 1. The van der Waals surface area contributed by atoms with E-state index in [0.29, 0.717) is 11.8 Å². The van der Waals surface area contributed by atoms with Gasteiger partial charge in [-0.15, -0.1) is 0 Å². The number of aliphatic hydroxyl groups excluding tert-OH is 3. The molecule has 4 aliphatic carbocycles. The number of hydrogen-bond donors (Lipinski definition) is 3. The number of esters is 1. The lowest BCUT2D eigenvalue weighted by molar-refractivity contribution is -0.230. The van der Waals surface area contributed by atoms with E-state index in [1.807, 2.05) is 6.92 Å². The van der Waals surface area contributed by atoms with E-state index in [1.165, 1.54) is 7.11 Å². The van der Waals surface area contributed by atoms with Crippen molar-refractivity contribution in [2.45, 2.75) is 77.1 Å². The van der Waals surface area contributed by atoms with Crippen molar-refractivity contribution >= 4 is 5.97 Å². The molecule has 0 aromatic rings. The van der Waals surface area contributed by atoms with Gasteiger partial charge in [0.1, 0.15) is 0 Å². The Kier molecular flexibility index (Phi) is 4.44. The largest absolute Gasteiger partial charge is 0.469 e. The lowest BCUT2D eigenvalue weighted by atomic mass is 9.43. The second-order valence-corrected chi connectivity index (χ2v) is 9.96. The molecule has 26 heavy (non-hydrogen) atoms. The highest BCUT2D eigenvalue weighted by Gasteiger charge is 2.67. The Balaban J connectivity index is 1.70. The summed E-state index contributed by atoms with van der Waals surface area (Å²) in [5.41, 5.74) is -0.641. The average molecular weight is 366 g/mol. The van der Waals surface area contributed by atoms with Gasteiger partial charge in [0, 0.05) is 5.41 Å². The maximum atomic E-state index is 12.4. The van der Waals surface area contributed by atoms with Crippen LogP contribution in [0.5, 0.6) is 0 Å². The quantitative estimate of drug-likeness (QED) is 0.619. The molecule has 5 heteroatoms. The third kappa shape index (κ3) is 2.29. The van der Waals surface area contributed by atoms with E-state index in [4.69, 9.17) is 4.74 Å². The summed E-state index contributed by atoms with van der Waals surface area (Å²) in [5.74, 6) is 0.473. The maximum Gasteiger partial charge on any atom is 0.309 e. The fraction of sp³-hybridized carbons (Fsp3) is 0.952. The summed E-state index contributed by atoms with van der Waals surface area (Å²) in [5, 5.41) is 32.6. The molecule has 0 radical (unpaired) electrons. The van der Waals surface area contributed by atoms with Crippen LogP contribution in [0, 0.1) is 40.4 Å². The molecule has 0 bridgehead atoms. The summed E-state index contributed by atoms with van der Waals surface area (Å²) in [6.45, 7) is 4.27. The van der Waals surface area contributed by atoms with Gasteiger partial charge in [-0.3, -0.25) is 4.79 Å². The Labute approximate surface area is 156 Å². The Bertz CT molecular complexity index is 579. The van der Waals surface area contributed by atoms with Crippen molar-refractivity contribution in [1.29, 1.82) is 0 Å². The highest BCUT2D eigenvalue weighted by Crippen LogP contribution is 2.67. The van der Waals surface area contributed by atoms with Crippen LogP contribution in [-0.4, -0.2) is 46.7 Å². The number of fused-ring (bicyclic) bond motifs is 5. The summed E-state index contributed by atoms with van der Waals surface area (Å²) >= 11 is 0. The Morgan fingerprint density at radius 1 is 1.04 bits per heavy atom. The standard InChI is InChI=1S/C21H34O5/c1-20-9-8-12(22)10-11(20)4-5-13-14-6-7-15(19(25)26-3)21(14,2)18(24)17(23)16(13)20/h11-18,22-24H,4-10H2,1-3H3/t11-,12-,13-,14-,15+,16+,17+,18+,20-,21-/m0/s1. The zero-order valence-corrected chi connectivity index (χ0v) is 16.2. The van der Waals surface area contributed by atoms with Crippen LogP contribution in [0.25, 0.3) is 0 Å². The molecule has 3 N–H and O–H groups in total. The average Bonchev–Trinajstić information content (AvgIpc) is 2.97. The second-order valence-electron chi connectivity index (χ2n) is 9.96. The SMILES string of the molecule is COC(=O)[C@H]1CC[C@H]2[C@@H]3CC[C@H]4C[C@@H](O)CC[C@]4(C)[C@H]3[C@@H](O)[C@@H](O)[C@]12C. The number of rotatable bonds is 1. The van der Waals surface area contributed by atoms with Gasteiger partial charge in [0.25, 0.3) is 0 Å². The molecule has 0 aromatic heterocycles. The lowest BCUT2D eigenvalue weighted by Gasteiger charge is -2.63. The Hall–Kier alpha value is -0.650. The Morgan fingerprint density at radius 2 is 1.77 bits per heavy atom. The fourth-order valence-electron chi connectivity index (χ4n) is 7.85. The van der Waals surface area contributed by atoms with Crippen molar-refractivity contribution in [2.75, 3.05) is 7.11 Å². The van der Waals surface area contributed by atoms with Crippen molar-refractivity contribution in [3.63, 3.8) is 0 Å². The summed E-state index contributed by atoms with van der Waals surface area (Å²) in [4.78, 5) is 12.4. The summed E-state index contributed by atoms with van der Waals surface area (Å²) in [6.07, 6.45) is 4.33. The molecule has 148 valence electrons. The van der Waals surface area contributed by atoms with Gasteiger partial charge in [0.2, 0.25) is 0 Å². The molecule has 0 spiro atoms. The Morgan fingerprint density at radius 3 is 2.46 bits per heavy atom. The molecular formula is C21H34O5. The van der Waals surface area contributed by atoms with Crippen molar-refractivity contribution in [3.8, 4) is 0 Å². The molecule has 5 nitrogen and oxygen atoms in total. The third-order valence-corrected chi connectivity index (χ3v) is 9.22. The van der Waals surface area contributed by atoms with E-state index in [9.17, 15) is 20.1 Å². The molecule has 4 aliphatic rings.